The van der Waals surface area contributed by atoms with Gasteiger partial charge in [-0.3, -0.25) is 4.98 Å². The van der Waals surface area contributed by atoms with E-state index in [0.717, 1.165) is 28.1 Å². The number of pyridine rings is 1. The molecule has 3 nitrogen and oxygen atoms in total. The van der Waals surface area contributed by atoms with Crippen LogP contribution in [0.15, 0.2) is 0 Å². The van der Waals surface area contributed by atoms with Crippen molar-refractivity contribution in [1.29, 1.82) is 5.26 Å². The molecule has 0 aliphatic rings. The van der Waals surface area contributed by atoms with Gasteiger partial charge in [-0.15, -0.1) is 0 Å². The molecule has 1 aromatic rings. The van der Waals surface area contributed by atoms with E-state index in [1.54, 1.807) is 0 Å². The van der Waals surface area contributed by atoms with Gasteiger partial charge in [-0.1, -0.05) is 0 Å². The first-order valence-electron chi connectivity index (χ1n) is 4.64. The number of aromatic nitrogens is 1. The normalized spacial score (nSPS) is 9.93. The Morgan fingerprint density at radius 2 is 1.93 bits per heavy atom. The Labute approximate surface area is 84.6 Å². The fraction of sp³-hybridized carbons (Fsp3) is 0.455. The summed E-state index contributed by atoms with van der Waals surface area (Å²) >= 11 is 0. The molecule has 74 valence electrons. The average Bonchev–Trinajstić information content (AvgIpc) is 2.19. The minimum absolute atomic E-state index is 0.395. The number of nitrogens with two attached hydrogens (primary N) is 1. The van der Waals surface area contributed by atoms with Crippen molar-refractivity contribution in [3.8, 4) is 6.07 Å². The molecule has 2 N–H and O–H groups in total. The Bertz CT molecular complexity index is 388. The molecule has 14 heavy (non-hydrogen) atoms. The second kappa shape index (κ2) is 4.21. The van der Waals surface area contributed by atoms with Crippen LogP contribution in [0.5, 0.6) is 0 Å². The van der Waals surface area contributed by atoms with Crippen LogP contribution >= 0.6 is 0 Å². The minimum atomic E-state index is 0.395. The van der Waals surface area contributed by atoms with Gasteiger partial charge in [0.15, 0.2) is 0 Å². The summed E-state index contributed by atoms with van der Waals surface area (Å²) in [6, 6.07) is 2.15. The van der Waals surface area contributed by atoms with E-state index >= 15 is 0 Å². The summed E-state index contributed by atoms with van der Waals surface area (Å²) in [5, 5.41) is 8.71. The molecule has 0 radical (unpaired) electrons. The number of nitrogens with zero attached hydrogens (tertiary/aromatic N) is 2. The van der Waals surface area contributed by atoms with Crippen molar-refractivity contribution in [3.63, 3.8) is 0 Å². The first-order chi connectivity index (χ1) is 6.61. The van der Waals surface area contributed by atoms with Gasteiger partial charge in [0.25, 0.3) is 0 Å². The van der Waals surface area contributed by atoms with Crippen LogP contribution in [0.25, 0.3) is 0 Å². The van der Waals surface area contributed by atoms with Gasteiger partial charge in [-0.2, -0.15) is 5.26 Å². The lowest BCUT2D eigenvalue weighted by molar-refractivity contribution is 0.913. The van der Waals surface area contributed by atoms with Crippen molar-refractivity contribution in [2.24, 2.45) is 5.73 Å². The van der Waals surface area contributed by atoms with Gasteiger partial charge in [0, 0.05) is 12.2 Å². The molecule has 0 unspecified atom stereocenters. The number of hydrogen-bond donors (Lipinski definition) is 1. The SMILES string of the molecule is Cc1nc(CN)c(CC#N)c(C)c1C. The summed E-state index contributed by atoms with van der Waals surface area (Å²) in [6.45, 7) is 6.42. The zero-order valence-corrected chi connectivity index (χ0v) is 8.89. The topological polar surface area (TPSA) is 62.7 Å². The third-order valence-corrected chi connectivity index (χ3v) is 2.66. The Morgan fingerprint density at radius 1 is 1.29 bits per heavy atom. The highest BCUT2D eigenvalue weighted by atomic mass is 14.8. The Morgan fingerprint density at radius 3 is 2.43 bits per heavy atom. The lowest BCUT2D eigenvalue weighted by Crippen LogP contribution is -2.09. The first kappa shape index (κ1) is 10.7. The number of nitriles is 1. The standard InChI is InChI=1S/C11H15N3/c1-7-8(2)10(4-5-12)11(6-13)14-9(7)3/h4,6,13H2,1-3H3. The van der Waals surface area contributed by atoms with E-state index in [-0.39, 0.29) is 0 Å². The van der Waals surface area contributed by atoms with E-state index in [4.69, 9.17) is 11.0 Å². The summed E-state index contributed by atoms with van der Waals surface area (Å²) in [6.07, 6.45) is 0.395. The van der Waals surface area contributed by atoms with Crippen LogP contribution in [0, 0.1) is 32.1 Å². The fourth-order valence-corrected chi connectivity index (χ4v) is 1.55. The van der Waals surface area contributed by atoms with Gasteiger partial charge >= 0.3 is 0 Å². The summed E-state index contributed by atoms with van der Waals surface area (Å²) in [5.74, 6) is 0. The van der Waals surface area contributed by atoms with Crippen molar-refractivity contribution < 1.29 is 0 Å². The molecule has 0 saturated carbocycles. The molecule has 0 aliphatic heterocycles. The zero-order chi connectivity index (χ0) is 10.7. The predicted molar refractivity (Wildman–Crippen MR) is 55.7 cm³/mol. The van der Waals surface area contributed by atoms with Gasteiger partial charge < -0.3 is 5.73 Å². The molecule has 0 saturated heterocycles. The van der Waals surface area contributed by atoms with Crippen molar-refractivity contribution in [3.05, 3.63) is 28.1 Å². The van der Waals surface area contributed by atoms with E-state index in [1.807, 2.05) is 20.8 Å². The third kappa shape index (κ3) is 1.75. The Kier molecular flexibility index (Phi) is 3.21. The molecule has 0 atom stereocenters. The predicted octanol–water partition coefficient (Wildman–Crippen LogP) is 1.53. The third-order valence-electron chi connectivity index (χ3n) is 2.66. The van der Waals surface area contributed by atoms with Crippen LogP contribution in [-0.4, -0.2) is 4.98 Å². The quantitative estimate of drug-likeness (QED) is 0.767. The molecule has 0 bridgehead atoms. The average molecular weight is 189 g/mol. The molecule has 0 aliphatic carbocycles. The van der Waals surface area contributed by atoms with Gasteiger partial charge in [0.05, 0.1) is 18.2 Å². The highest BCUT2D eigenvalue weighted by Gasteiger charge is 2.10. The van der Waals surface area contributed by atoms with Gasteiger partial charge in [0.2, 0.25) is 0 Å². The molecule has 3 heteroatoms. The van der Waals surface area contributed by atoms with Crippen molar-refractivity contribution >= 4 is 0 Å². The molecule has 1 rings (SSSR count). The van der Waals surface area contributed by atoms with Crippen molar-refractivity contribution in [1.82, 2.24) is 4.98 Å². The van der Waals surface area contributed by atoms with Crippen molar-refractivity contribution in [2.75, 3.05) is 0 Å². The summed E-state index contributed by atoms with van der Waals surface area (Å²) < 4.78 is 0. The maximum Gasteiger partial charge on any atom is 0.0670 e. The van der Waals surface area contributed by atoms with Gasteiger partial charge in [-0.05, 0) is 37.5 Å². The summed E-state index contributed by atoms with van der Waals surface area (Å²) in [5.41, 5.74) is 10.8. The smallest absolute Gasteiger partial charge is 0.0670 e. The van der Waals surface area contributed by atoms with Gasteiger partial charge in [-0.25, -0.2) is 0 Å². The van der Waals surface area contributed by atoms with Crippen LogP contribution in [0.1, 0.15) is 28.1 Å². The Hall–Kier alpha value is -1.40. The highest BCUT2D eigenvalue weighted by molar-refractivity contribution is 5.39. The minimum Gasteiger partial charge on any atom is -0.325 e. The Balaban J connectivity index is 3.38. The lowest BCUT2D eigenvalue weighted by Gasteiger charge is -2.12. The molecule has 0 amide bonds. The highest BCUT2D eigenvalue weighted by Crippen LogP contribution is 2.19. The lowest BCUT2D eigenvalue weighted by atomic mass is 9.99. The van der Waals surface area contributed by atoms with Crippen molar-refractivity contribution in [2.45, 2.75) is 33.7 Å². The fourth-order valence-electron chi connectivity index (χ4n) is 1.55. The summed E-state index contributed by atoms with van der Waals surface area (Å²) in [4.78, 5) is 4.39. The second-order valence-electron chi connectivity index (χ2n) is 3.41. The molecule has 1 aromatic heterocycles. The molecular formula is C11H15N3. The maximum absolute atomic E-state index is 8.71. The van der Waals surface area contributed by atoms with Gasteiger partial charge in [0.1, 0.15) is 0 Å². The number of rotatable bonds is 2. The van der Waals surface area contributed by atoms with E-state index in [1.165, 1.54) is 0 Å². The van der Waals surface area contributed by atoms with Crippen LogP contribution < -0.4 is 5.73 Å². The monoisotopic (exact) mass is 189 g/mol. The molecule has 0 fully saturated rings. The first-order valence-corrected chi connectivity index (χ1v) is 4.64. The number of aryl methyl sites for hydroxylation is 1. The van der Waals surface area contributed by atoms with E-state index in [9.17, 15) is 0 Å². The molecule has 0 aromatic carbocycles. The molecule has 1 heterocycles. The van der Waals surface area contributed by atoms with Crippen LogP contribution in [0.3, 0.4) is 0 Å². The van der Waals surface area contributed by atoms with E-state index in [2.05, 4.69) is 11.1 Å². The largest absolute Gasteiger partial charge is 0.325 e. The maximum atomic E-state index is 8.71. The molecule has 0 spiro atoms. The van der Waals surface area contributed by atoms with Crippen LogP contribution in [0.2, 0.25) is 0 Å². The zero-order valence-electron chi connectivity index (χ0n) is 8.89. The molecular weight excluding hydrogens is 174 g/mol. The van der Waals surface area contributed by atoms with Crippen LogP contribution in [-0.2, 0) is 13.0 Å². The second-order valence-corrected chi connectivity index (χ2v) is 3.41. The van der Waals surface area contributed by atoms with E-state index < -0.39 is 0 Å². The van der Waals surface area contributed by atoms with Crippen LogP contribution in [0.4, 0.5) is 0 Å². The number of hydrogen-bond acceptors (Lipinski definition) is 3. The summed E-state index contributed by atoms with van der Waals surface area (Å²) in [7, 11) is 0. The van der Waals surface area contributed by atoms with E-state index in [0.29, 0.717) is 13.0 Å².